The van der Waals surface area contributed by atoms with Crippen LogP contribution in [0.3, 0.4) is 0 Å². The van der Waals surface area contributed by atoms with Crippen LogP contribution in [0.25, 0.3) is 22.4 Å². The molecule has 0 unspecified atom stereocenters. The van der Waals surface area contributed by atoms with Crippen molar-refractivity contribution >= 4 is 33.9 Å². The molecule has 5 rings (SSSR count). The van der Waals surface area contributed by atoms with Crippen LogP contribution in [0.5, 0.6) is 0 Å². The lowest BCUT2D eigenvalue weighted by Crippen LogP contribution is -2.15. The highest BCUT2D eigenvalue weighted by atomic mass is 19.1. The van der Waals surface area contributed by atoms with Gasteiger partial charge in [-0.3, -0.25) is 10.2 Å². The van der Waals surface area contributed by atoms with Crippen molar-refractivity contribution in [1.82, 2.24) is 4.98 Å². The van der Waals surface area contributed by atoms with E-state index in [9.17, 15) is 9.18 Å². The number of rotatable bonds is 4. The van der Waals surface area contributed by atoms with Gasteiger partial charge in [-0.2, -0.15) is 0 Å². The van der Waals surface area contributed by atoms with E-state index >= 15 is 0 Å². The predicted molar refractivity (Wildman–Crippen MR) is 114 cm³/mol. The third kappa shape index (κ3) is 2.99. The zero-order valence-corrected chi connectivity index (χ0v) is 15.5. The summed E-state index contributed by atoms with van der Waals surface area (Å²) in [7, 11) is 0. The van der Waals surface area contributed by atoms with Crippen LogP contribution < -0.4 is 0 Å². The summed E-state index contributed by atoms with van der Waals surface area (Å²) in [6, 6.07) is 17.7. The van der Waals surface area contributed by atoms with Gasteiger partial charge in [-0.05, 0) is 52.3 Å². The van der Waals surface area contributed by atoms with Crippen LogP contribution in [0.1, 0.15) is 32.6 Å². The van der Waals surface area contributed by atoms with Gasteiger partial charge in [0.25, 0.3) is 0 Å². The monoisotopic (exact) mass is 380 g/mol. The Morgan fingerprint density at radius 1 is 1.00 bits per heavy atom. The lowest BCUT2D eigenvalue weighted by molar-refractivity contribution is 0.106. The van der Waals surface area contributed by atoms with E-state index < -0.39 is 0 Å². The fourth-order valence-corrected chi connectivity index (χ4v) is 3.89. The van der Waals surface area contributed by atoms with E-state index in [1.165, 1.54) is 12.1 Å². The van der Waals surface area contributed by atoms with E-state index in [1.54, 1.807) is 24.4 Å². The summed E-state index contributed by atoms with van der Waals surface area (Å²) in [4.78, 5) is 16.0. The van der Waals surface area contributed by atoms with Gasteiger partial charge in [-0.25, -0.2) is 4.39 Å². The van der Waals surface area contributed by atoms with Crippen molar-refractivity contribution in [3.05, 3.63) is 107 Å². The maximum atomic E-state index is 13.2. The Labute approximate surface area is 167 Å². The Morgan fingerprint density at radius 2 is 1.83 bits per heavy atom. The number of ketones is 1. The Hall–Kier alpha value is -3.79. The molecule has 1 heterocycles. The molecule has 140 valence electrons. The maximum absolute atomic E-state index is 13.2. The Morgan fingerprint density at radius 3 is 2.66 bits per heavy atom. The van der Waals surface area contributed by atoms with E-state index in [0.29, 0.717) is 11.1 Å². The molecule has 0 saturated heterocycles. The second-order valence-electron chi connectivity index (χ2n) is 7.23. The van der Waals surface area contributed by atoms with Gasteiger partial charge < -0.3 is 4.98 Å². The van der Waals surface area contributed by atoms with E-state index in [0.717, 1.165) is 39.5 Å². The number of carbonyl (C=O) groups is 1. The van der Waals surface area contributed by atoms with Gasteiger partial charge >= 0.3 is 0 Å². The summed E-state index contributed by atoms with van der Waals surface area (Å²) in [5.41, 5.74) is 5.32. The molecule has 0 radical (unpaired) electrons. The first kappa shape index (κ1) is 17.3. The van der Waals surface area contributed by atoms with Gasteiger partial charge in [0.1, 0.15) is 11.5 Å². The first-order valence-corrected chi connectivity index (χ1v) is 9.39. The number of Topliss-reactive ketones (excluding diaryl/α,β-unsaturated/α-hetero) is 1. The molecular weight excluding hydrogens is 363 g/mol. The van der Waals surface area contributed by atoms with Crippen molar-refractivity contribution in [2.75, 3.05) is 0 Å². The maximum Gasteiger partial charge on any atom is 0.211 e. The van der Waals surface area contributed by atoms with Crippen LogP contribution in [0, 0.1) is 11.2 Å². The minimum atomic E-state index is -0.295. The number of H-pyrrole nitrogens is 1. The van der Waals surface area contributed by atoms with Gasteiger partial charge in [0.2, 0.25) is 5.78 Å². The fraction of sp³-hybridized carbons (Fsp3) is 0.0400. The lowest BCUT2D eigenvalue weighted by atomic mass is 9.96. The van der Waals surface area contributed by atoms with E-state index in [-0.39, 0.29) is 17.3 Å². The van der Waals surface area contributed by atoms with Gasteiger partial charge in [-0.1, -0.05) is 48.5 Å². The molecule has 0 bridgehead atoms. The van der Waals surface area contributed by atoms with Crippen molar-refractivity contribution in [3.63, 3.8) is 0 Å². The molecule has 2 N–H and O–H groups in total. The predicted octanol–water partition coefficient (Wildman–Crippen LogP) is 5.65. The number of hydrogen-bond donors (Lipinski definition) is 2. The third-order valence-electron chi connectivity index (χ3n) is 5.44. The first-order valence-electron chi connectivity index (χ1n) is 9.39. The molecule has 4 heteroatoms. The van der Waals surface area contributed by atoms with Gasteiger partial charge in [0.15, 0.2) is 0 Å². The van der Waals surface area contributed by atoms with Gasteiger partial charge in [0.05, 0.1) is 0 Å². The molecule has 0 fully saturated rings. The second-order valence-corrected chi connectivity index (χ2v) is 7.23. The minimum absolute atomic E-state index is 0.0230. The zero-order valence-electron chi connectivity index (χ0n) is 15.5. The van der Waals surface area contributed by atoms with Crippen molar-refractivity contribution in [2.24, 2.45) is 0 Å². The van der Waals surface area contributed by atoms with E-state index in [2.05, 4.69) is 11.1 Å². The minimum Gasteiger partial charge on any atom is -0.366 e. The fourth-order valence-electron chi connectivity index (χ4n) is 3.89. The molecule has 3 nitrogen and oxygen atoms in total. The Bertz CT molecular complexity index is 1310. The van der Waals surface area contributed by atoms with Crippen LogP contribution in [0.2, 0.25) is 0 Å². The smallest absolute Gasteiger partial charge is 0.211 e. The van der Waals surface area contributed by atoms with Crippen molar-refractivity contribution in [1.29, 1.82) is 5.41 Å². The molecule has 4 aromatic rings. The summed E-state index contributed by atoms with van der Waals surface area (Å²) in [6.45, 7) is 0. The number of carbonyl (C=O) groups excluding carboxylic acids is 1. The zero-order chi connectivity index (χ0) is 20.0. The number of fused-ring (bicyclic) bond motifs is 2. The van der Waals surface area contributed by atoms with Crippen LogP contribution in [0.15, 0.2) is 73.1 Å². The molecule has 3 aromatic carbocycles. The second kappa shape index (κ2) is 6.67. The quantitative estimate of drug-likeness (QED) is 0.349. The average molecular weight is 380 g/mol. The topological polar surface area (TPSA) is 56.7 Å². The van der Waals surface area contributed by atoms with Gasteiger partial charge in [0, 0.05) is 28.9 Å². The highest BCUT2D eigenvalue weighted by Crippen LogP contribution is 2.32. The number of benzene rings is 3. The molecule has 1 aromatic heterocycles. The molecule has 0 atom stereocenters. The van der Waals surface area contributed by atoms with E-state index in [1.807, 2.05) is 36.5 Å². The number of halogens is 1. The Kier molecular flexibility index (Phi) is 3.98. The standard InChI is InChI=1S/C25H17FN2O/c26-21-8-6-15(7-9-21)19-10-16-4-5-17(11-20(16)12-19)24(27)25(29)22-3-1-2-18-13-28-14-23(18)22/h1-9,11-14,27-28H,10H2. The molecular formula is C25H17FN2O. The van der Waals surface area contributed by atoms with Crippen molar-refractivity contribution in [2.45, 2.75) is 6.42 Å². The van der Waals surface area contributed by atoms with E-state index in [4.69, 9.17) is 5.41 Å². The Balaban J connectivity index is 1.47. The highest BCUT2D eigenvalue weighted by Gasteiger charge is 2.20. The number of aromatic nitrogens is 1. The molecule has 0 spiro atoms. The van der Waals surface area contributed by atoms with Crippen LogP contribution >= 0.6 is 0 Å². The molecule has 1 aliphatic carbocycles. The van der Waals surface area contributed by atoms with Crippen LogP contribution in [-0.2, 0) is 6.42 Å². The summed E-state index contributed by atoms with van der Waals surface area (Å²) in [6.07, 6.45) is 6.44. The van der Waals surface area contributed by atoms with Crippen molar-refractivity contribution < 1.29 is 9.18 Å². The number of allylic oxidation sites excluding steroid dienone is 1. The SMILES string of the molecule is N=C(C(=O)c1cccc2c[nH]cc12)c1ccc2c(c1)C=C(c1ccc(F)cc1)C2. The average Bonchev–Trinajstić information content (AvgIpc) is 3.39. The summed E-state index contributed by atoms with van der Waals surface area (Å²) in [5.74, 6) is -0.549. The molecule has 0 aliphatic heterocycles. The van der Waals surface area contributed by atoms with Crippen LogP contribution in [-0.4, -0.2) is 16.5 Å². The third-order valence-corrected chi connectivity index (χ3v) is 5.44. The summed E-state index contributed by atoms with van der Waals surface area (Å²) >= 11 is 0. The normalized spacial score (nSPS) is 12.7. The number of nitrogens with one attached hydrogen (secondary N) is 2. The largest absolute Gasteiger partial charge is 0.366 e. The van der Waals surface area contributed by atoms with Crippen LogP contribution in [0.4, 0.5) is 4.39 Å². The van der Waals surface area contributed by atoms with Gasteiger partial charge in [-0.15, -0.1) is 0 Å². The number of aromatic amines is 1. The molecule has 29 heavy (non-hydrogen) atoms. The first-order chi connectivity index (χ1) is 14.1. The van der Waals surface area contributed by atoms with Crippen molar-refractivity contribution in [3.8, 4) is 0 Å². The highest BCUT2D eigenvalue weighted by molar-refractivity contribution is 6.51. The lowest BCUT2D eigenvalue weighted by Gasteiger charge is -2.07. The summed E-state index contributed by atoms with van der Waals surface area (Å²) in [5, 5.41) is 10.2. The molecule has 0 saturated carbocycles. The molecule has 1 aliphatic rings. The summed E-state index contributed by atoms with van der Waals surface area (Å²) < 4.78 is 13.2. The number of hydrogen-bond acceptors (Lipinski definition) is 2. The molecule has 0 amide bonds.